The molecule has 1 amide bonds. The minimum Gasteiger partial charge on any atom is -0.507 e. The summed E-state index contributed by atoms with van der Waals surface area (Å²) in [4.78, 5) is 29.8. The van der Waals surface area contributed by atoms with E-state index in [9.17, 15) is 14.7 Å². The van der Waals surface area contributed by atoms with Crippen molar-refractivity contribution in [2.24, 2.45) is 0 Å². The van der Waals surface area contributed by atoms with Crippen LogP contribution in [0, 0.1) is 6.92 Å². The molecule has 31 heavy (non-hydrogen) atoms. The van der Waals surface area contributed by atoms with Gasteiger partial charge in [0.05, 0.1) is 24.8 Å². The molecule has 2 fully saturated rings. The van der Waals surface area contributed by atoms with Crippen LogP contribution in [0.4, 0.5) is 0 Å². The Bertz CT molecular complexity index is 1010. The van der Waals surface area contributed by atoms with E-state index >= 15 is 0 Å². The first-order valence-corrected chi connectivity index (χ1v) is 10.7. The highest BCUT2D eigenvalue weighted by molar-refractivity contribution is 6.47. The Morgan fingerprint density at radius 3 is 2.42 bits per heavy atom. The summed E-state index contributed by atoms with van der Waals surface area (Å²) in [5.41, 5.74) is 2.22. The average molecular weight is 441 g/mol. The fourth-order valence-electron chi connectivity index (χ4n) is 4.07. The van der Waals surface area contributed by atoms with Crippen molar-refractivity contribution >= 4 is 29.1 Å². The van der Waals surface area contributed by atoms with Gasteiger partial charge in [0.2, 0.25) is 0 Å². The summed E-state index contributed by atoms with van der Waals surface area (Å²) in [6.07, 6.45) is 0. The molecule has 1 N–H and O–H groups in total. The quantitative estimate of drug-likeness (QED) is 0.438. The molecule has 2 aliphatic heterocycles. The number of carbonyl (C=O) groups is 2. The highest BCUT2D eigenvalue weighted by Crippen LogP contribution is 2.41. The van der Waals surface area contributed by atoms with Crippen molar-refractivity contribution in [1.82, 2.24) is 9.80 Å². The zero-order valence-corrected chi connectivity index (χ0v) is 18.1. The van der Waals surface area contributed by atoms with Gasteiger partial charge in [0.1, 0.15) is 5.76 Å². The van der Waals surface area contributed by atoms with Crippen LogP contribution in [0.2, 0.25) is 5.02 Å². The van der Waals surface area contributed by atoms with Gasteiger partial charge >= 0.3 is 0 Å². The van der Waals surface area contributed by atoms with E-state index < -0.39 is 17.7 Å². The molecule has 2 aromatic carbocycles. The first-order valence-electron chi connectivity index (χ1n) is 10.4. The van der Waals surface area contributed by atoms with Gasteiger partial charge in [0.15, 0.2) is 0 Å². The predicted molar refractivity (Wildman–Crippen MR) is 119 cm³/mol. The number of carbonyl (C=O) groups excluding carboxylic acids is 2. The van der Waals surface area contributed by atoms with Crippen molar-refractivity contribution in [2.75, 3.05) is 39.4 Å². The molecule has 2 heterocycles. The monoisotopic (exact) mass is 440 g/mol. The van der Waals surface area contributed by atoms with Gasteiger partial charge < -0.3 is 14.7 Å². The minimum absolute atomic E-state index is 0.0731. The lowest BCUT2D eigenvalue weighted by atomic mass is 9.95. The molecule has 162 valence electrons. The first kappa shape index (κ1) is 21.6. The number of amides is 1. The number of benzene rings is 2. The summed E-state index contributed by atoms with van der Waals surface area (Å²) >= 11 is 6.47. The van der Waals surface area contributed by atoms with Crippen LogP contribution in [0.15, 0.2) is 54.1 Å². The Morgan fingerprint density at radius 1 is 1.06 bits per heavy atom. The van der Waals surface area contributed by atoms with Crippen molar-refractivity contribution in [2.45, 2.75) is 13.0 Å². The van der Waals surface area contributed by atoms with E-state index in [1.165, 1.54) is 4.90 Å². The molecule has 2 aliphatic rings. The van der Waals surface area contributed by atoms with E-state index in [2.05, 4.69) is 4.90 Å². The number of morpholine rings is 1. The number of aliphatic hydroxyl groups excluding tert-OH is 1. The molecule has 0 bridgehead atoms. The number of rotatable bonds is 5. The van der Waals surface area contributed by atoms with Gasteiger partial charge in [0.25, 0.3) is 11.7 Å². The first-order chi connectivity index (χ1) is 15.0. The molecular weight excluding hydrogens is 416 g/mol. The van der Waals surface area contributed by atoms with E-state index in [1.54, 1.807) is 30.3 Å². The number of aliphatic hydroxyl groups is 1. The fraction of sp³-hybridized carbons (Fsp3) is 0.333. The number of hydrogen-bond acceptors (Lipinski definition) is 5. The van der Waals surface area contributed by atoms with E-state index in [0.29, 0.717) is 42.5 Å². The molecule has 7 heteroatoms. The summed E-state index contributed by atoms with van der Waals surface area (Å²) in [6.45, 7) is 5.78. The van der Waals surface area contributed by atoms with E-state index in [1.807, 2.05) is 25.1 Å². The second-order valence-electron chi connectivity index (χ2n) is 7.83. The van der Waals surface area contributed by atoms with Crippen molar-refractivity contribution in [1.29, 1.82) is 0 Å². The van der Waals surface area contributed by atoms with Gasteiger partial charge in [-0.3, -0.25) is 14.5 Å². The molecule has 6 nitrogen and oxygen atoms in total. The number of hydrogen-bond donors (Lipinski definition) is 1. The lowest BCUT2D eigenvalue weighted by Crippen LogP contribution is -2.42. The van der Waals surface area contributed by atoms with Gasteiger partial charge in [-0.2, -0.15) is 0 Å². The smallest absolute Gasteiger partial charge is 0.295 e. The minimum atomic E-state index is -0.740. The van der Waals surface area contributed by atoms with Crippen LogP contribution in [0.25, 0.3) is 5.76 Å². The maximum Gasteiger partial charge on any atom is 0.295 e. The zero-order chi connectivity index (χ0) is 22.0. The summed E-state index contributed by atoms with van der Waals surface area (Å²) in [5, 5.41) is 11.5. The number of ether oxygens (including phenoxy) is 1. The van der Waals surface area contributed by atoms with Gasteiger partial charge in [-0.15, -0.1) is 0 Å². The highest BCUT2D eigenvalue weighted by atomic mass is 35.5. The third-order valence-electron chi connectivity index (χ3n) is 5.83. The van der Waals surface area contributed by atoms with Crippen LogP contribution >= 0.6 is 11.6 Å². The van der Waals surface area contributed by atoms with Gasteiger partial charge in [0, 0.05) is 36.8 Å². The Hall–Kier alpha value is -2.67. The van der Waals surface area contributed by atoms with Crippen LogP contribution in [0.1, 0.15) is 22.7 Å². The normalized spacial score (nSPS) is 21.6. The van der Waals surface area contributed by atoms with E-state index in [4.69, 9.17) is 16.3 Å². The zero-order valence-electron chi connectivity index (χ0n) is 17.4. The summed E-state index contributed by atoms with van der Waals surface area (Å²) in [5.74, 6) is -1.49. The molecule has 2 aromatic rings. The SMILES string of the molecule is Cc1ccc(/C(O)=C2\C(=O)C(=O)N(CCN3CCOCC3)C2c2ccccc2Cl)cc1. The van der Waals surface area contributed by atoms with Crippen molar-refractivity contribution in [3.8, 4) is 0 Å². The van der Waals surface area contributed by atoms with E-state index in [-0.39, 0.29) is 11.3 Å². The molecule has 0 saturated carbocycles. The molecule has 2 saturated heterocycles. The average Bonchev–Trinajstić information content (AvgIpc) is 3.03. The third-order valence-corrected chi connectivity index (χ3v) is 6.17. The molecule has 1 atom stereocenters. The van der Waals surface area contributed by atoms with Crippen molar-refractivity contribution < 1.29 is 19.4 Å². The second-order valence-corrected chi connectivity index (χ2v) is 8.24. The maximum absolute atomic E-state index is 13.1. The third kappa shape index (κ3) is 4.37. The van der Waals surface area contributed by atoms with Gasteiger partial charge in [-0.05, 0) is 18.6 Å². The van der Waals surface area contributed by atoms with Crippen LogP contribution in [0.3, 0.4) is 0 Å². The van der Waals surface area contributed by atoms with Gasteiger partial charge in [-0.1, -0.05) is 59.6 Å². The Morgan fingerprint density at radius 2 is 1.74 bits per heavy atom. The molecule has 0 radical (unpaired) electrons. The topological polar surface area (TPSA) is 70.1 Å². The Labute approximate surface area is 186 Å². The lowest BCUT2D eigenvalue weighted by molar-refractivity contribution is -0.140. The van der Waals surface area contributed by atoms with Crippen LogP contribution in [-0.4, -0.2) is 66.0 Å². The number of likely N-dealkylation sites (tertiary alicyclic amines) is 1. The number of Topliss-reactive ketones (excluding diaryl/α,β-unsaturated/α-hetero) is 1. The predicted octanol–water partition coefficient (Wildman–Crippen LogP) is 3.40. The molecule has 0 aliphatic carbocycles. The highest BCUT2D eigenvalue weighted by Gasteiger charge is 2.46. The maximum atomic E-state index is 13.1. The molecular formula is C24H25ClN2O4. The molecule has 4 rings (SSSR count). The number of nitrogens with zero attached hydrogens (tertiary/aromatic N) is 2. The standard InChI is InChI=1S/C24H25ClN2O4/c1-16-6-8-17(9-7-16)22(28)20-21(18-4-2-3-5-19(18)25)27(24(30)23(20)29)11-10-26-12-14-31-15-13-26/h2-9,21,28H,10-15H2,1H3/b22-20+. The van der Waals surface area contributed by atoms with Crippen LogP contribution in [-0.2, 0) is 14.3 Å². The van der Waals surface area contributed by atoms with Gasteiger partial charge in [-0.25, -0.2) is 0 Å². The van der Waals surface area contributed by atoms with Crippen molar-refractivity contribution in [3.05, 3.63) is 75.8 Å². The molecule has 1 unspecified atom stereocenters. The van der Waals surface area contributed by atoms with Crippen LogP contribution in [0.5, 0.6) is 0 Å². The summed E-state index contributed by atoms with van der Waals surface area (Å²) in [7, 11) is 0. The molecule has 0 aromatic heterocycles. The lowest BCUT2D eigenvalue weighted by Gasteiger charge is -2.31. The fourth-order valence-corrected chi connectivity index (χ4v) is 4.31. The second kappa shape index (κ2) is 9.22. The van der Waals surface area contributed by atoms with E-state index in [0.717, 1.165) is 18.7 Å². The number of aryl methyl sites for hydroxylation is 1. The van der Waals surface area contributed by atoms with Crippen molar-refractivity contribution in [3.63, 3.8) is 0 Å². The van der Waals surface area contributed by atoms with Crippen LogP contribution < -0.4 is 0 Å². The number of halogens is 1. The molecule has 0 spiro atoms. The summed E-state index contributed by atoms with van der Waals surface area (Å²) < 4.78 is 5.39. The largest absolute Gasteiger partial charge is 0.507 e. The summed E-state index contributed by atoms with van der Waals surface area (Å²) in [6, 6.07) is 13.6. The number of ketones is 1. The Balaban J connectivity index is 1.75. The Kier molecular flexibility index (Phi) is 6.41.